The Morgan fingerprint density at radius 1 is 1.00 bits per heavy atom. The molecule has 25 heavy (non-hydrogen) atoms. The van der Waals surface area contributed by atoms with Crippen molar-refractivity contribution in [3.8, 4) is 0 Å². The quantitative estimate of drug-likeness (QED) is 0.315. The molecule has 0 aliphatic heterocycles. The van der Waals surface area contributed by atoms with Crippen LogP contribution in [0.3, 0.4) is 0 Å². The molecule has 0 saturated heterocycles. The van der Waals surface area contributed by atoms with Crippen LogP contribution < -0.4 is 4.90 Å². The minimum atomic E-state index is 1.12. The van der Waals surface area contributed by atoms with Gasteiger partial charge in [0.05, 0.1) is 5.69 Å². The second-order valence-corrected chi connectivity index (χ2v) is 6.46. The minimum absolute atomic E-state index is 1.12. The first-order chi connectivity index (χ1) is 12.2. The number of benzene rings is 3. The number of fused-ring (bicyclic) bond motifs is 2. The van der Waals surface area contributed by atoms with Crippen LogP contribution in [-0.4, -0.2) is 7.05 Å². The van der Waals surface area contributed by atoms with Gasteiger partial charge in [0.15, 0.2) is 0 Å². The van der Waals surface area contributed by atoms with Gasteiger partial charge in [-0.1, -0.05) is 54.1 Å². The Morgan fingerprint density at radius 3 is 2.52 bits per heavy atom. The zero-order chi connectivity index (χ0) is 17.8. The third-order valence-corrected chi connectivity index (χ3v) is 4.58. The van der Waals surface area contributed by atoms with Crippen LogP contribution in [0.5, 0.6) is 0 Å². The van der Waals surface area contributed by atoms with Crippen LogP contribution in [0.15, 0.2) is 83.9 Å². The van der Waals surface area contributed by atoms with E-state index in [0.29, 0.717) is 0 Å². The second-order valence-electron chi connectivity index (χ2n) is 6.16. The highest BCUT2D eigenvalue weighted by molar-refractivity contribution is 7.83. The highest BCUT2D eigenvalue weighted by Gasteiger charge is 2.13. The Balaban J connectivity index is 2.36. The van der Waals surface area contributed by atoms with Crippen LogP contribution in [-0.2, 0) is 0 Å². The van der Waals surface area contributed by atoms with Crippen LogP contribution in [0, 0.1) is 6.92 Å². The Hall–Kier alpha value is -2.45. The summed E-state index contributed by atoms with van der Waals surface area (Å²) in [6, 6.07) is 17.5. The van der Waals surface area contributed by atoms with Gasteiger partial charge in [0.25, 0.3) is 0 Å². The van der Waals surface area contributed by atoms with E-state index in [1.807, 2.05) is 13.0 Å². The Kier molecular flexibility index (Phi) is 5.30. The van der Waals surface area contributed by atoms with Gasteiger partial charge in [0.1, 0.15) is 0 Å². The predicted octanol–water partition coefficient (Wildman–Crippen LogP) is 6.64. The first-order valence-corrected chi connectivity index (χ1v) is 8.97. The molecule has 126 valence electrons. The molecule has 1 nitrogen and oxygen atoms in total. The summed E-state index contributed by atoms with van der Waals surface area (Å²) < 4.78 is 0. The number of hydrogen-bond acceptors (Lipinski definition) is 2. The number of nitrogens with zero attached hydrogens (tertiary/aromatic N) is 1. The fourth-order valence-electron chi connectivity index (χ4n) is 3.23. The molecule has 0 atom stereocenters. The lowest BCUT2D eigenvalue weighted by atomic mass is 9.98. The van der Waals surface area contributed by atoms with Crippen molar-refractivity contribution in [3.63, 3.8) is 0 Å². The Bertz CT molecular complexity index is 996. The predicted molar refractivity (Wildman–Crippen MR) is 116 cm³/mol. The molecule has 0 unspecified atom stereocenters. The smallest absolute Gasteiger partial charge is 0.0567 e. The van der Waals surface area contributed by atoms with E-state index >= 15 is 0 Å². The first kappa shape index (κ1) is 17.4. The van der Waals surface area contributed by atoms with Crippen LogP contribution in [0.4, 0.5) is 5.69 Å². The summed E-state index contributed by atoms with van der Waals surface area (Å²) in [5.74, 6) is 0. The maximum Gasteiger partial charge on any atom is 0.0567 e. The van der Waals surface area contributed by atoms with Crippen LogP contribution in [0.25, 0.3) is 21.5 Å². The van der Waals surface area contributed by atoms with Crippen molar-refractivity contribution in [2.24, 2.45) is 0 Å². The molecule has 3 rings (SSSR count). The molecule has 0 heterocycles. The molecule has 0 aliphatic rings. The van der Waals surface area contributed by atoms with E-state index in [4.69, 9.17) is 0 Å². The number of thiol groups is 1. The molecule has 3 aromatic rings. The number of aryl methyl sites for hydroxylation is 1. The van der Waals surface area contributed by atoms with Gasteiger partial charge in [-0.25, -0.2) is 0 Å². The van der Waals surface area contributed by atoms with Gasteiger partial charge in [-0.2, -0.15) is 12.6 Å². The van der Waals surface area contributed by atoms with E-state index in [0.717, 1.165) is 5.70 Å². The molecule has 0 amide bonds. The number of likely N-dealkylation sites (N-methyl/N-ethyl adjacent to an activating group) is 1. The highest BCUT2D eigenvalue weighted by Crippen LogP contribution is 2.37. The SMILES string of the molecule is C\C=C/C(=C\C=C\S)N(C)c1c2ccccc2cc2ccc(C)cc12. The van der Waals surface area contributed by atoms with Gasteiger partial charge < -0.3 is 4.90 Å². The Labute approximate surface area is 155 Å². The summed E-state index contributed by atoms with van der Waals surface area (Å²) in [7, 11) is 2.13. The third kappa shape index (κ3) is 3.49. The molecule has 3 aromatic carbocycles. The highest BCUT2D eigenvalue weighted by atomic mass is 32.1. The largest absolute Gasteiger partial charge is 0.344 e. The number of rotatable bonds is 4. The van der Waals surface area contributed by atoms with E-state index in [1.54, 1.807) is 5.41 Å². The lowest BCUT2D eigenvalue weighted by Crippen LogP contribution is -2.16. The molecule has 2 heteroatoms. The summed E-state index contributed by atoms with van der Waals surface area (Å²) >= 11 is 4.18. The molecule has 0 bridgehead atoms. The molecular formula is C23H23NS. The van der Waals surface area contributed by atoms with Crippen molar-refractivity contribution < 1.29 is 0 Å². The Morgan fingerprint density at radius 2 is 1.76 bits per heavy atom. The molecule has 0 N–H and O–H groups in total. The third-order valence-electron chi connectivity index (χ3n) is 4.40. The molecular weight excluding hydrogens is 322 g/mol. The first-order valence-electron chi connectivity index (χ1n) is 8.45. The average Bonchev–Trinajstić information content (AvgIpc) is 2.62. The van der Waals surface area contributed by atoms with Crippen LogP contribution in [0.2, 0.25) is 0 Å². The summed E-state index contributed by atoms with van der Waals surface area (Å²) in [5, 5.41) is 6.80. The maximum absolute atomic E-state index is 4.18. The van der Waals surface area contributed by atoms with Gasteiger partial charge in [0, 0.05) is 23.5 Å². The maximum atomic E-state index is 4.18. The average molecular weight is 346 g/mol. The van der Waals surface area contributed by atoms with Crippen molar-refractivity contribution in [1.82, 2.24) is 0 Å². The molecule has 0 radical (unpaired) electrons. The monoisotopic (exact) mass is 345 g/mol. The van der Waals surface area contributed by atoms with Gasteiger partial charge >= 0.3 is 0 Å². The fraction of sp³-hybridized carbons (Fsp3) is 0.130. The number of anilines is 1. The van der Waals surface area contributed by atoms with Gasteiger partial charge in [0.2, 0.25) is 0 Å². The van der Waals surface area contributed by atoms with E-state index < -0.39 is 0 Å². The van der Waals surface area contributed by atoms with Crippen LogP contribution in [0.1, 0.15) is 12.5 Å². The standard InChI is InChI=1S/C23H23NS/c1-4-8-20(10-7-14-25)24(3)23-21-11-6-5-9-18(21)16-19-13-12-17(2)15-22(19)23/h4-16,25H,1-3H3/b8-4-,14-7+,20-10+. The van der Waals surface area contributed by atoms with Gasteiger partial charge in [-0.15, -0.1) is 0 Å². The molecule has 0 aliphatic carbocycles. The molecule has 0 aromatic heterocycles. The number of hydrogen-bond donors (Lipinski definition) is 1. The van der Waals surface area contributed by atoms with Gasteiger partial charge in [-0.05, 0) is 54.3 Å². The zero-order valence-corrected chi connectivity index (χ0v) is 15.8. The molecule has 0 spiro atoms. The summed E-state index contributed by atoms with van der Waals surface area (Å²) in [4.78, 5) is 2.26. The molecule has 0 fully saturated rings. The van der Waals surface area contributed by atoms with E-state index in [9.17, 15) is 0 Å². The molecule has 0 saturated carbocycles. The topological polar surface area (TPSA) is 3.24 Å². The van der Waals surface area contributed by atoms with E-state index in [-0.39, 0.29) is 0 Å². The zero-order valence-electron chi connectivity index (χ0n) is 14.9. The lowest BCUT2D eigenvalue weighted by Gasteiger charge is -2.25. The van der Waals surface area contributed by atoms with E-state index in [1.165, 1.54) is 32.8 Å². The van der Waals surface area contributed by atoms with Crippen molar-refractivity contribution in [3.05, 3.63) is 89.5 Å². The fourth-order valence-corrected chi connectivity index (χ4v) is 3.32. The van der Waals surface area contributed by atoms with Crippen molar-refractivity contribution in [1.29, 1.82) is 0 Å². The lowest BCUT2D eigenvalue weighted by molar-refractivity contribution is 1.15. The van der Waals surface area contributed by atoms with E-state index in [2.05, 4.69) is 98.3 Å². The van der Waals surface area contributed by atoms with Crippen molar-refractivity contribution in [2.45, 2.75) is 13.8 Å². The number of allylic oxidation sites excluding steroid dienone is 4. The summed E-state index contributed by atoms with van der Waals surface area (Å²) in [6.45, 7) is 4.18. The van der Waals surface area contributed by atoms with Crippen molar-refractivity contribution in [2.75, 3.05) is 11.9 Å². The normalized spacial score (nSPS) is 12.7. The van der Waals surface area contributed by atoms with Crippen molar-refractivity contribution >= 4 is 39.9 Å². The minimum Gasteiger partial charge on any atom is -0.344 e. The summed E-state index contributed by atoms with van der Waals surface area (Å²) in [6.07, 6.45) is 8.22. The summed E-state index contributed by atoms with van der Waals surface area (Å²) in [5.41, 5.74) is 3.62. The van der Waals surface area contributed by atoms with Gasteiger partial charge in [-0.3, -0.25) is 0 Å². The van der Waals surface area contributed by atoms with Crippen LogP contribution >= 0.6 is 12.6 Å². The second kappa shape index (κ2) is 7.62.